The molecule has 0 aromatic heterocycles. The van der Waals surface area contributed by atoms with E-state index in [1.807, 2.05) is 0 Å². The average molecular weight is 379 g/mol. The second-order valence-corrected chi connectivity index (χ2v) is 10.2. The third-order valence-electron chi connectivity index (χ3n) is 4.18. The first kappa shape index (κ1) is 17.6. The maximum absolute atomic E-state index is 13.0. The lowest BCUT2D eigenvalue weighted by Crippen LogP contribution is -2.25. The van der Waals surface area contributed by atoms with Crippen molar-refractivity contribution in [3.8, 4) is 0 Å². The van der Waals surface area contributed by atoms with Crippen LogP contribution in [0.25, 0.3) is 0 Å². The minimum atomic E-state index is -3.95. The fraction of sp³-hybridized carbons (Fsp3) is 0.235. The molecule has 0 saturated heterocycles. The van der Waals surface area contributed by atoms with Crippen LogP contribution in [0.4, 0.5) is 0 Å². The molecule has 25 heavy (non-hydrogen) atoms. The van der Waals surface area contributed by atoms with Crippen molar-refractivity contribution in [1.29, 1.82) is 0 Å². The number of rotatable bonds is 3. The minimum Gasteiger partial charge on any atom is -0.345 e. The van der Waals surface area contributed by atoms with Gasteiger partial charge < -0.3 is 4.90 Å². The van der Waals surface area contributed by atoms with Gasteiger partial charge in [-0.3, -0.25) is 4.79 Å². The van der Waals surface area contributed by atoms with E-state index < -0.39 is 36.6 Å². The van der Waals surface area contributed by atoms with Gasteiger partial charge in [-0.1, -0.05) is 24.3 Å². The first-order valence-electron chi connectivity index (χ1n) is 7.52. The highest BCUT2D eigenvalue weighted by molar-refractivity contribution is 7.96. The Kier molecular flexibility index (Phi) is 4.20. The van der Waals surface area contributed by atoms with Gasteiger partial charge >= 0.3 is 0 Å². The van der Waals surface area contributed by atoms with Gasteiger partial charge in [-0.15, -0.1) is 0 Å². The summed E-state index contributed by atoms with van der Waals surface area (Å²) in [5, 5.41) is -1.30. The SMILES string of the molecule is CN(C)C(=O)c1cccc2c1C(S(=O)(=O)c1ccccc1)CS2(=O)=O. The smallest absolute Gasteiger partial charge is 0.253 e. The molecule has 1 heterocycles. The largest absolute Gasteiger partial charge is 0.345 e. The molecule has 2 aromatic carbocycles. The Bertz CT molecular complexity index is 1040. The second kappa shape index (κ2) is 5.96. The summed E-state index contributed by atoms with van der Waals surface area (Å²) in [6.45, 7) is 0. The van der Waals surface area contributed by atoms with E-state index in [0.717, 1.165) is 0 Å². The van der Waals surface area contributed by atoms with Crippen molar-refractivity contribution in [1.82, 2.24) is 4.90 Å². The van der Waals surface area contributed by atoms with Crippen molar-refractivity contribution >= 4 is 25.6 Å². The van der Waals surface area contributed by atoms with Gasteiger partial charge in [-0.25, -0.2) is 16.8 Å². The first-order valence-corrected chi connectivity index (χ1v) is 10.7. The Hall–Kier alpha value is -2.19. The van der Waals surface area contributed by atoms with Crippen molar-refractivity contribution in [3.63, 3.8) is 0 Å². The molecule has 0 N–H and O–H groups in total. The van der Waals surface area contributed by atoms with Crippen LogP contribution < -0.4 is 0 Å². The van der Waals surface area contributed by atoms with Gasteiger partial charge in [0.25, 0.3) is 5.91 Å². The zero-order valence-corrected chi connectivity index (χ0v) is 15.3. The highest BCUT2D eigenvalue weighted by Gasteiger charge is 2.45. The summed E-state index contributed by atoms with van der Waals surface area (Å²) in [5.74, 6) is -0.987. The third-order valence-corrected chi connectivity index (χ3v) is 8.27. The Morgan fingerprint density at radius 3 is 2.28 bits per heavy atom. The number of fused-ring (bicyclic) bond motifs is 1. The molecule has 1 atom stereocenters. The first-order chi connectivity index (χ1) is 11.7. The molecule has 8 heteroatoms. The van der Waals surface area contributed by atoms with Crippen molar-refractivity contribution in [2.24, 2.45) is 0 Å². The van der Waals surface area contributed by atoms with Crippen LogP contribution in [0.1, 0.15) is 21.2 Å². The molecule has 1 unspecified atom stereocenters. The molecule has 0 saturated carbocycles. The lowest BCUT2D eigenvalue weighted by molar-refractivity contribution is 0.0826. The number of carbonyl (C=O) groups is 1. The minimum absolute atomic E-state index is 0.0372. The second-order valence-electron chi connectivity index (χ2n) is 6.05. The van der Waals surface area contributed by atoms with Crippen LogP contribution in [0, 0.1) is 0 Å². The van der Waals surface area contributed by atoms with Crippen LogP contribution >= 0.6 is 0 Å². The van der Waals surface area contributed by atoms with Crippen LogP contribution in [0.2, 0.25) is 0 Å². The number of hydrogen-bond donors (Lipinski definition) is 0. The number of hydrogen-bond acceptors (Lipinski definition) is 5. The fourth-order valence-corrected chi connectivity index (χ4v) is 7.34. The molecular formula is C17H17NO5S2. The molecular weight excluding hydrogens is 362 g/mol. The van der Waals surface area contributed by atoms with E-state index in [2.05, 4.69) is 0 Å². The lowest BCUT2D eigenvalue weighted by Gasteiger charge is -2.17. The number of benzene rings is 2. The van der Waals surface area contributed by atoms with Crippen molar-refractivity contribution in [2.75, 3.05) is 19.8 Å². The Morgan fingerprint density at radius 2 is 1.68 bits per heavy atom. The Morgan fingerprint density at radius 1 is 1.04 bits per heavy atom. The van der Waals surface area contributed by atoms with Crippen molar-refractivity contribution in [2.45, 2.75) is 15.0 Å². The van der Waals surface area contributed by atoms with Gasteiger partial charge in [0, 0.05) is 25.2 Å². The number of amides is 1. The molecule has 0 bridgehead atoms. The van der Waals surface area contributed by atoms with Gasteiger partial charge in [-0.05, 0) is 24.3 Å². The van der Waals surface area contributed by atoms with E-state index in [4.69, 9.17) is 0 Å². The molecule has 1 amide bonds. The zero-order chi connectivity index (χ0) is 18.4. The standard InChI is InChI=1S/C17H17NO5S2/c1-18(2)17(19)13-9-6-10-14-16(13)15(11-24(14,20)21)25(22,23)12-7-4-3-5-8-12/h3-10,15H,11H2,1-2H3. The van der Waals surface area contributed by atoms with E-state index in [1.54, 1.807) is 18.2 Å². The Balaban J connectivity index is 2.27. The quantitative estimate of drug-likeness (QED) is 0.810. The summed E-state index contributed by atoms with van der Waals surface area (Å²) in [6.07, 6.45) is 0. The summed E-state index contributed by atoms with van der Waals surface area (Å²) in [7, 11) is -4.67. The van der Waals surface area contributed by atoms with Gasteiger partial charge in [-0.2, -0.15) is 0 Å². The van der Waals surface area contributed by atoms with E-state index in [9.17, 15) is 21.6 Å². The van der Waals surface area contributed by atoms with Crippen LogP contribution in [-0.4, -0.2) is 47.5 Å². The highest BCUT2D eigenvalue weighted by Crippen LogP contribution is 2.43. The van der Waals surface area contributed by atoms with E-state index >= 15 is 0 Å². The topological polar surface area (TPSA) is 88.6 Å². The highest BCUT2D eigenvalue weighted by atomic mass is 32.2. The molecule has 0 radical (unpaired) electrons. The van der Waals surface area contributed by atoms with E-state index in [1.165, 1.54) is 49.3 Å². The van der Waals surface area contributed by atoms with Gasteiger partial charge in [0.2, 0.25) is 0 Å². The monoisotopic (exact) mass is 379 g/mol. The molecule has 3 rings (SSSR count). The molecule has 0 fully saturated rings. The summed E-state index contributed by atoms with van der Waals surface area (Å²) in [4.78, 5) is 13.7. The van der Waals surface area contributed by atoms with Gasteiger partial charge in [0.05, 0.1) is 15.5 Å². The predicted molar refractivity (Wildman–Crippen MR) is 92.9 cm³/mol. The Labute approximate surface area is 146 Å². The normalized spacial score (nSPS) is 18.6. The predicted octanol–water partition coefficient (Wildman–Crippen LogP) is 1.69. The van der Waals surface area contributed by atoms with E-state index in [-0.39, 0.29) is 20.9 Å². The van der Waals surface area contributed by atoms with Gasteiger partial charge in [0.15, 0.2) is 19.7 Å². The molecule has 6 nitrogen and oxygen atoms in total. The number of carbonyl (C=O) groups excluding carboxylic acids is 1. The maximum atomic E-state index is 13.0. The molecule has 1 aliphatic heterocycles. The number of nitrogens with zero attached hydrogens (tertiary/aromatic N) is 1. The number of sulfone groups is 2. The van der Waals surface area contributed by atoms with Crippen molar-refractivity contribution < 1.29 is 21.6 Å². The van der Waals surface area contributed by atoms with Crippen LogP contribution in [0.3, 0.4) is 0 Å². The van der Waals surface area contributed by atoms with Crippen LogP contribution in [-0.2, 0) is 19.7 Å². The van der Waals surface area contributed by atoms with Gasteiger partial charge in [0.1, 0.15) is 5.25 Å². The summed E-state index contributed by atoms with van der Waals surface area (Å²) < 4.78 is 51.1. The zero-order valence-electron chi connectivity index (χ0n) is 13.7. The van der Waals surface area contributed by atoms with Crippen LogP contribution in [0.15, 0.2) is 58.3 Å². The lowest BCUT2D eigenvalue weighted by atomic mass is 10.0. The summed E-state index contributed by atoms with van der Waals surface area (Å²) in [6, 6.07) is 12.0. The molecule has 0 spiro atoms. The molecule has 2 aromatic rings. The van der Waals surface area contributed by atoms with Crippen molar-refractivity contribution in [3.05, 3.63) is 59.7 Å². The van der Waals surface area contributed by atoms with Crippen LogP contribution in [0.5, 0.6) is 0 Å². The molecule has 0 aliphatic carbocycles. The average Bonchev–Trinajstić information content (AvgIpc) is 2.87. The molecule has 1 aliphatic rings. The summed E-state index contributed by atoms with van der Waals surface area (Å²) in [5.41, 5.74) is 0.179. The summed E-state index contributed by atoms with van der Waals surface area (Å²) >= 11 is 0. The molecule has 132 valence electrons. The fourth-order valence-electron chi connectivity index (χ4n) is 2.97. The third kappa shape index (κ3) is 2.85. The maximum Gasteiger partial charge on any atom is 0.253 e. The van der Waals surface area contributed by atoms with E-state index in [0.29, 0.717) is 0 Å².